The van der Waals surface area contributed by atoms with E-state index in [0.717, 1.165) is 12.8 Å². The summed E-state index contributed by atoms with van der Waals surface area (Å²) >= 11 is 0. The van der Waals surface area contributed by atoms with Crippen molar-refractivity contribution in [2.45, 2.75) is 18.9 Å². The van der Waals surface area contributed by atoms with Crippen LogP contribution in [0, 0.1) is 5.92 Å². The third-order valence-electron chi connectivity index (χ3n) is 3.40. The maximum absolute atomic E-state index is 12.1. The van der Waals surface area contributed by atoms with Crippen molar-refractivity contribution < 1.29 is 14.3 Å². The lowest BCUT2D eigenvalue weighted by Gasteiger charge is -2.16. The summed E-state index contributed by atoms with van der Waals surface area (Å²) in [7, 11) is 0. The third kappa shape index (κ3) is 2.93. The van der Waals surface area contributed by atoms with Crippen LogP contribution in [0.1, 0.15) is 23.2 Å². The average molecular weight is 285 g/mol. The van der Waals surface area contributed by atoms with Crippen molar-refractivity contribution in [1.82, 2.24) is 5.32 Å². The molecule has 1 amide bonds. The van der Waals surface area contributed by atoms with E-state index in [1.807, 2.05) is 0 Å². The second-order valence-electron chi connectivity index (χ2n) is 4.72. The van der Waals surface area contributed by atoms with Gasteiger partial charge in [-0.2, -0.15) is 0 Å². The Kier molecular flexibility index (Phi) is 4.17. The number of hydrogen-bond donors (Lipinski definition) is 2. The van der Waals surface area contributed by atoms with Gasteiger partial charge in [0.1, 0.15) is 0 Å². The lowest BCUT2D eigenvalue weighted by Crippen LogP contribution is -2.41. The summed E-state index contributed by atoms with van der Waals surface area (Å²) in [6.07, 6.45) is 2.31. The summed E-state index contributed by atoms with van der Waals surface area (Å²) in [5.41, 5.74) is 6.25. The molecule has 19 heavy (non-hydrogen) atoms. The number of fused-ring (bicyclic) bond motifs is 1. The van der Waals surface area contributed by atoms with Crippen molar-refractivity contribution in [3.63, 3.8) is 0 Å². The minimum absolute atomic E-state index is 0. The summed E-state index contributed by atoms with van der Waals surface area (Å²) < 4.78 is 10.5. The number of carbonyl (C=O) groups excluding carboxylic acids is 1. The Morgan fingerprint density at radius 1 is 1.37 bits per heavy atom. The highest BCUT2D eigenvalue weighted by molar-refractivity contribution is 5.95. The molecule has 0 bridgehead atoms. The SMILES string of the molecule is Cl.NCC(NC(=O)c1ccc2c(c1)OCO2)C1CC1. The topological polar surface area (TPSA) is 73.6 Å². The zero-order valence-electron chi connectivity index (χ0n) is 10.4. The maximum atomic E-state index is 12.1. The van der Waals surface area contributed by atoms with E-state index in [-0.39, 0.29) is 31.1 Å². The molecule has 1 saturated carbocycles. The van der Waals surface area contributed by atoms with Crippen molar-refractivity contribution in [2.24, 2.45) is 11.7 Å². The van der Waals surface area contributed by atoms with Crippen molar-refractivity contribution >= 4 is 18.3 Å². The van der Waals surface area contributed by atoms with E-state index in [2.05, 4.69) is 5.32 Å². The number of nitrogens with one attached hydrogen (secondary N) is 1. The number of carbonyl (C=O) groups is 1. The molecule has 5 nitrogen and oxygen atoms in total. The Morgan fingerprint density at radius 2 is 2.11 bits per heavy atom. The van der Waals surface area contributed by atoms with Gasteiger partial charge in [-0.15, -0.1) is 12.4 Å². The molecule has 0 radical (unpaired) electrons. The van der Waals surface area contributed by atoms with Gasteiger partial charge < -0.3 is 20.5 Å². The molecule has 104 valence electrons. The van der Waals surface area contributed by atoms with Crippen LogP contribution in [0.4, 0.5) is 0 Å². The molecule has 6 heteroatoms. The van der Waals surface area contributed by atoms with Crippen molar-refractivity contribution in [3.8, 4) is 11.5 Å². The number of rotatable bonds is 4. The predicted molar refractivity (Wildman–Crippen MR) is 72.8 cm³/mol. The Hall–Kier alpha value is -1.46. The zero-order valence-corrected chi connectivity index (χ0v) is 11.2. The van der Waals surface area contributed by atoms with E-state index in [9.17, 15) is 4.79 Å². The van der Waals surface area contributed by atoms with Crippen LogP contribution >= 0.6 is 12.4 Å². The largest absolute Gasteiger partial charge is 0.454 e. The molecule has 3 rings (SSSR count). The molecule has 0 aromatic heterocycles. The van der Waals surface area contributed by atoms with Crippen molar-refractivity contribution in [1.29, 1.82) is 0 Å². The van der Waals surface area contributed by atoms with Gasteiger partial charge in [0, 0.05) is 18.2 Å². The molecule has 3 N–H and O–H groups in total. The molecule has 1 unspecified atom stereocenters. The van der Waals surface area contributed by atoms with Gasteiger partial charge in [0.05, 0.1) is 0 Å². The van der Waals surface area contributed by atoms with Gasteiger partial charge in [0.25, 0.3) is 5.91 Å². The predicted octanol–water partition coefficient (Wildman–Crippen LogP) is 1.30. The van der Waals surface area contributed by atoms with E-state index in [1.54, 1.807) is 18.2 Å². The van der Waals surface area contributed by atoms with E-state index < -0.39 is 0 Å². The van der Waals surface area contributed by atoms with Crippen LogP contribution in [-0.2, 0) is 0 Å². The number of halogens is 1. The number of amides is 1. The standard InChI is InChI=1S/C13H16N2O3.ClH/c14-6-10(8-1-2-8)15-13(16)9-3-4-11-12(5-9)18-7-17-11;/h3-5,8,10H,1-2,6-7,14H2,(H,15,16);1H. The van der Waals surface area contributed by atoms with Crippen LogP contribution < -0.4 is 20.5 Å². The monoisotopic (exact) mass is 284 g/mol. The summed E-state index contributed by atoms with van der Waals surface area (Å²) in [5, 5.41) is 2.98. The van der Waals surface area contributed by atoms with E-state index in [4.69, 9.17) is 15.2 Å². The maximum Gasteiger partial charge on any atom is 0.251 e. The minimum atomic E-state index is -0.101. The molecule has 0 saturated heterocycles. The smallest absolute Gasteiger partial charge is 0.251 e. The van der Waals surface area contributed by atoms with Crippen LogP contribution in [0.2, 0.25) is 0 Å². The number of nitrogens with two attached hydrogens (primary N) is 1. The first-order chi connectivity index (χ1) is 8.78. The lowest BCUT2D eigenvalue weighted by atomic mass is 10.1. The van der Waals surface area contributed by atoms with Crippen LogP contribution in [0.3, 0.4) is 0 Å². The Bertz CT molecular complexity index is 477. The molecule has 1 aromatic rings. The lowest BCUT2D eigenvalue weighted by molar-refractivity contribution is 0.0933. The van der Waals surface area contributed by atoms with E-state index in [1.165, 1.54) is 0 Å². The van der Waals surface area contributed by atoms with Gasteiger partial charge in [-0.1, -0.05) is 0 Å². The summed E-state index contributed by atoms with van der Waals surface area (Å²) in [6.45, 7) is 0.703. The van der Waals surface area contributed by atoms with Crippen LogP contribution in [0.5, 0.6) is 11.5 Å². The van der Waals surface area contributed by atoms with E-state index >= 15 is 0 Å². The number of ether oxygens (including phenoxy) is 2. The van der Waals surface area contributed by atoms with Gasteiger partial charge in [-0.05, 0) is 37.0 Å². The van der Waals surface area contributed by atoms with Gasteiger partial charge in [0.15, 0.2) is 11.5 Å². The average Bonchev–Trinajstić information content (AvgIpc) is 3.12. The fourth-order valence-corrected chi connectivity index (χ4v) is 2.16. The molecular weight excluding hydrogens is 268 g/mol. The number of hydrogen-bond acceptors (Lipinski definition) is 4. The first-order valence-corrected chi connectivity index (χ1v) is 6.18. The van der Waals surface area contributed by atoms with Gasteiger partial charge >= 0.3 is 0 Å². The fraction of sp³-hybridized carbons (Fsp3) is 0.462. The van der Waals surface area contributed by atoms with Gasteiger partial charge in [-0.3, -0.25) is 4.79 Å². The van der Waals surface area contributed by atoms with Crippen molar-refractivity contribution in [2.75, 3.05) is 13.3 Å². The zero-order chi connectivity index (χ0) is 12.5. The summed E-state index contributed by atoms with van der Waals surface area (Å²) in [4.78, 5) is 12.1. The molecule has 1 heterocycles. The Morgan fingerprint density at radius 3 is 2.79 bits per heavy atom. The molecule has 1 aliphatic carbocycles. The highest BCUT2D eigenvalue weighted by Gasteiger charge is 2.31. The molecule has 1 aliphatic heterocycles. The quantitative estimate of drug-likeness (QED) is 0.874. The molecule has 1 aromatic carbocycles. The number of benzene rings is 1. The van der Waals surface area contributed by atoms with Crippen molar-refractivity contribution in [3.05, 3.63) is 23.8 Å². The van der Waals surface area contributed by atoms with Crippen LogP contribution in [0.15, 0.2) is 18.2 Å². The fourth-order valence-electron chi connectivity index (χ4n) is 2.16. The summed E-state index contributed by atoms with van der Waals surface area (Å²) in [5.74, 6) is 1.76. The van der Waals surface area contributed by atoms with Gasteiger partial charge in [0.2, 0.25) is 6.79 Å². The second-order valence-corrected chi connectivity index (χ2v) is 4.72. The van der Waals surface area contributed by atoms with Crippen LogP contribution in [0.25, 0.3) is 0 Å². The first kappa shape index (κ1) is 14.0. The minimum Gasteiger partial charge on any atom is -0.454 e. The highest BCUT2D eigenvalue weighted by Crippen LogP contribution is 2.34. The normalized spacial score (nSPS) is 17.5. The second kappa shape index (κ2) is 5.67. The Labute approximate surface area is 117 Å². The molecule has 1 atom stereocenters. The molecule has 2 aliphatic rings. The van der Waals surface area contributed by atoms with E-state index in [0.29, 0.717) is 29.5 Å². The Balaban J connectivity index is 0.00000133. The first-order valence-electron chi connectivity index (χ1n) is 6.18. The highest BCUT2D eigenvalue weighted by atomic mass is 35.5. The third-order valence-corrected chi connectivity index (χ3v) is 3.40. The summed E-state index contributed by atoms with van der Waals surface area (Å²) in [6, 6.07) is 5.29. The van der Waals surface area contributed by atoms with Gasteiger partial charge in [-0.25, -0.2) is 0 Å². The molecule has 0 spiro atoms. The molecular formula is C13H17ClN2O3. The van der Waals surface area contributed by atoms with Crippen LogP contribution in [-0.4, -0.2) is 25.3 Å². The molecule has 1 fully saturated rings.